The van der Waals surface area contributed by atoms with E-state index in [0.717, 1.165) is 10.0 Å². The summed E-state index contributed by atoms with van der Waals surface area (Å²) in [4.78, 5) is 11.4. The van der Waals surface area contributed by atoms with Gasteiger partial charge in [0.25, 0.3) is 0 Å². The minimum absolute atomic E-state index is 0.297. The number of halogens is 1. The van der Waals surface area contributed by atoms with E-state index in [4.69, 9.17) is 0 Å². The minimum Gasteiger partial charge on any atom is -0.481 e. The first kappa shape index (κ1) is 16.2. The molecule has 3 nitrogen and oxygen atoms in total. The Kier molecular flexibility index (Phi) is 6.01. The minimum atomic E-state index is -0.877. The normalized spacial score (nSPS) is 13.3. The van der Waals surface area contributed by atoms with Gasteiger partial charge >= 0.3 is 5.97 Å². The molecular weight excluding hydrogens is 308 g/mol. The van der Waals surface area contributed by atoms with Gasteiger partial charge in [-0.25, -0.2) is 0 Å². The molecule has 0 aliphatic carbocycles. The molecule has 0 saturated carbocycles. The van der Waals surface area contributed by atoms with Crippen molar-refractivity contribution in [2.75, 3.05) is 0 Å². The van der Waals surface area contributed by atoms with Gasteiger partial charge in [-0.05, 0) is 43.4 Å². The second kappa shape index (κ2) is 7.06. The maximum absolute atomic E-state index is 11.4. The van der Waals surface area contributed by atoms with Gasteiger partial charge in [0.1, 0.15) is 0 Å². The molecule has 1 atom stereocenters. The summed E-state index contributed by atoms with van der Waals surface area (Å²) < 4.78 is 0.974. The average Bonchev–Trinajstić information content (AvgIpc) is 2.40. The number of benzene rings is 1. The molecule has 0 radical (unpaired) electrons. The second-order valence-electron chi connectivity index (χ2n) is 5.00. The highest BCUT2D eigenvalue weighted by Crippen LogP contribution is 2.27. The maximum Gasteiger partial charge on any atom is 0.306 e. The summed E-state index contributed by atoms with van der Waals surface area (Å²) in [6.45, 7) is 3.78. The van der Waals surface area contributed by atoms with Crippen LogP contribution in [0, 0.1) is 5.92 Å². The van der Waals surface area contributed by atoms with E-state index >= 15 is 0 Å². The largest absolute Gasteiger partial charge is 0.481 e. The summed E-state index contributed by atoms with van der Waals surface area (Å²) in [5.41, 5.74) is 0.100. The lowest BCUT2D eigenvalue weighted by Crippen LogP contribution is -2.33. The predicted octanol–water partition coefficient (Wildman–Crippen LogP) is 3.63. The Labute approximate surface area is 122 Å². The van der Waals surface area contributed by atoms with Gasteiger partial charge in [-0.15, -0.1) is 0 Å². The first-order valence-electron chi connectivity index (χ1n) is 6.60. The van der Waals surface area contributed by atoms with Crippen LogP contribution in [0.2, 0.25) is 0 Å². The highest BCUT2D eigenvalue weighted by Gasteiger charge is 2.30. The average molecular weight is 329 g/mol. The molecule has 0 bridgehead atoms. The summed E-state index contributed by atoms with van der Waals surface area (Å²) in [5.74, 6) is -1.39. The van der Waals surface area contributed by atoms with E-state index in [1.54, 1.807) is 0 Å². The van der Waals surface area contributed by atoms with Crippen molar-refractivity contribution >= 4 is 21.9 Å². The summed E-state index contributed by atoms with van der Waals surface area (Å²) >= 11 is 3.36. The Balaban J connectivity index is 2.78. The molecule has 0 fully saturated rings. The van der Waals surface area contributed by atoms with Crippen LogP contribution in [-0.4, -0.2) is 21.8 Å². The number of carboxylic acid groups (broad SMARTS) is 1. The van der Waals surface area contributed by atoms with Crippen LogP contribution in [0.5, 0.6) is 0 Å². The van der Waals surface area contributed by atoms with Crippen LogP contribution < -0.4 is 0 Å². The van der Waals surface area contributed by atoms with Crippen molar-refractivity contribution in [1.29, 1.82) is 0 Å². The Bertz CT molecular complexity index is 410. The highest BCUT2D eigenvalue weighted by molar-refractivity contribution is 9.10. The molecule has 0 spiro atoms. The Morgan fingerprint density at radius 2 is 1.79 bits per heavy atom. The van der Waals surface area contributed by atoms with Gasteiger partial charge < -0.3 is 10.2 Å². The summed E-state index contributed by atoms with van der Waals surface area (Å²) in [7, 11) is 0. The van der Waals surface area contributed by atoms with Gasteiger partial charge in [0.15, 0.2) is 0 Å². The predicted molar refractivity (Wildman–Crippen MR) is 79.1 cm³/mol. The first-order valence-corrected chi connectivity index (χ1v) is 7.39. The molecule has 0 saturated heterocycles. The van der Waals surface area contributed by atoms with Gasteiger partial charge in [0, 0.05) is 4.47 Å². The van der Waals surface area contributed by atoms with Crippen LogP contribution in [-0.2, 0) is 11.2 Å². The van der Waals surface area contributed by atoms with E-state index in [2.05, 4.69) is 15.9 Å². The number of aliphatic carboxylic acids is 1. The van der Waals surface area contributed by atoms with E-state index in [9.17, 15) is 15.0 Å². The molecule has 1 aromatic rings. The lowest BCUT2D eigenvalue weighted by molar-refractivity contribution is -0.144. The molecule has 106 valence electrons. The van der Waals surface area contributed by atoms with E-state index in [1.807, 2.05) is 38.1 Å². The van der Waals surface area contributed by atoms with Crippen LogP contribution in [0.15, 0.2) is 28.7 Å². The molecule has 1 rings (SSSR count). The molecule has 0 aromatic heterocycles. The van der Waals surface area contributed by atoms with Crippen LogP contribution >= 0.6 is 15.9 Å². The van der Waals surface area contributed by atoms with Crippen LogP contribution in [0.25, 0.3) is 0 Å². The van der Waals surface area contributed by atoms with Gasteiger partial charge in [0.2, 0.25) is 0 Å². The van der Waals surface area contributed by atoms with Crippen molar-refractivity contribution in [2.24, 2.45) is 5.92 Å². The summed E-state index contributed by atoms with van der Waals surface area (Å²) in [5, 5.41) is 19.6. The number of hydrogen-bond acceptors (Lipinski definition) is 2. The first-order chi connectivity index (χ1) is 8.90. The zero-order valence-electron chi connectivity index (χ0n) is 11.4. The number of rotatable bonds is 7. The standard InChI is InChI=1S/C15H21BrO3/c1-3-15(19,4-2)10-12(14(17)18)9-11-5-7-13(16)8-6-11/h5-8,12,19H,3-4,9-10H2,1-2H3,(H,17,18). The third-order valence-electron chi connectivity index (χ3n) is 3.69. The molecule has 0 amide bonds. The van der Waals surface area contributed by atoms with Crippen molar-refractivity contribution in [3.8, 4) is 0 Å². The fourth-order valence-corrected chi connectivity index (χ4v) is 2.41. The SMILES string of the molecule is CCC(O)(CC)CC(Cc1ccc(Br)cc1)C(=O)O. The fraction of sp³-hybridized carbons (Fsp3) is 0.533. The third-order valence-corrected chi connectivity index (χ3v) is 4.22. The van der Waals surface area contributed by atoms with Crippen molar-refractivity contribution in [3.63, 3.8) is 0 Å². The fourth-order valence-electron chi connectivity index (χ4n) is 2.15. The van der Waals surface area contributed by atoms with Gasteiger partial charge in [0.05, 0.1) is 11.5 Å². The van der Waals surface area contributed by atoms with Crippen LogP contribution in [0.1, 0.15) is 38.7 Å². The van der Waals surface area contributed by atoms with E-state index < -0.39 is 17.5 Å². The number of aliphatic hydroxyl groups is 1. The van der Waals surface area contributed by atoms with Crippen molar-refractivity contribution in [3.05, 3.63) is 34.3 Å². The Morgan fingerprint density at radius 1 is 1.26 bits per heavy atom. The lowest BCUT2D eigenvalue weighted by Gasteiger charge is -2.28. The summed E-state index contributed by atoms with van der Waals surface area (Å²) in [6, 6.07) is 7.63. The zero-order valence-corrected chi connectivity index (χ0v) is 13.0. The van der Waals surface area contributed by atoms with Crippen molar-refractivity contribution < 1.29 is 15.0 Å². The molecular formula is C15H21BrO3. The number of carboxylic acids is 1. The van der Waals surface area contributed by atoms with Crippen LogP contribution in [0.3, 0.4) is 0 Å². The van der Waals surface area contributed by atoms with Gasteiger partial charge in [-0.2, -0.15) is 0 Å². The van der Waals surface area contributed by atoms with Gasteiger partial charge in [-0.1, -0.05) is 41.9 Å². The molecule has 4 heteroatoms. The van der Waals surface area contributed by atoms with Gasteiger partial charge in [-0.3, -0.25) is 4.79 Å². The molecule has 19 heavy (non-hydrogen) atoms. The van der Waals surface area contributed by atoms with Crippen LogP contribution in [0.4, 0.5) is 0 Å². The van der Waals surface area contributed by atoms with Crippen molar-refractivity contribution in [2.45, 2.75) is 45.1 Å². The quantitative estimate of drug-likeness (QED) is 0.803. The van der Waals surface area contributed by atoms with E-state index in [1.165, 1.54) is 0 Å². The second-order valence-corrected chi connectivity index (χ2v) is 5.92. The third kappa shape index (κ3) is 4.96. The molecule has 0 aliphatic rings. The molecule has 1 unspecified atom stereocenters. The topological polar surface area (TPSA) is 57.5 Å². The lowest BCUT2D eigenvalue weighted by atomic mass is 9.83. The van der Waals surface area contributed by atoms with E-state index in [0.29, 0.717) is 25.7 Å². The van der Waals surface area contributed by atoms with Crippen molar-refractivity contribution in [1.82, 2.24) is 0 Å². The number of hydrogen-bond donors (Lipinski definition) is 2. The monoisotopic (exact) mass is 328 g/mol. The number of carbonyl (C=O) groups is 1. The maximum atomic E-state index is 11.4. The molecule has 2 N–H and O–H groups in total. The molecule has 1 aromatic carbocycles. The summed E-state index contributed by atoms with van der Waals surface area (Å²) in [6.07, 6.45) is 1.90. The smallest absolute Gasteiger partial charge is 0.306 e. The molecule has 0 heterocycles. The highest BCUT2D eigenvalue weighted by atomic mass is 79.9. The Hall–Kier alpha value is -0.870. The van der Waals surface area contributed by atoms with E-state index in [-0.39, 0.29) is 0 Å². The molecule has 0 aliphatic heterocycles. The Morgan fingerprint density at radius 3 is 2.21 bits per heavy atom. The zero-order chi connectivity index (χ0) is 14.5.